The van der Waals surface area contributed by atoms with E-state index in [0.717, 1.165) is 18.4 Å². The summed E-state index contributed by atoms with van der Waals surface area (Å²) in [6, 6.07) is 9.39. The topological polar surface area (TPSA) is 49.4 Å². The molecule has 1 heterocycles. The standard InChI is InChI=1S/C16H19FN2O2/c17-16(8-9-19(11-16)14(20)13-6-7-13)15(21)18-10-12-4-2-1-3-5-12/h1-5,13H,6-11H2,(H,18,21). The van der Waals surface area contributed by atoms with Crippen LogP contribution in [0.25, 0.3) is 0 Å². The molecule has 3 rings (SSSR count). The Kier molecular flexibility index (Phi) is 3.66. The number of hydrogen-bond donors (Lipinski definition) is 1. The fourth-order valence-corrected chi connectivity index (χ4v) is 2.67. The number of carbonyl (C=O) groups is 2. The Bertz CT molecular complexity index is 544. The van der Waals surface area contributed by atoms with E-state index in [0.29, 0.717) is 13.1 Å². The second-order valence-electron chi connectivity index (χ2n) is 5.92. The van der Waals surface area contributed by atoms with Crippen molar-refractivity contribution in [3.05, 3.63) is 35.9 Å². The van der Waals surface area contributed by atoms with Crippen molar-refractivity contribution < 1.29 is 14.0 Å². The Morgan fingerprint density at radius 2 is 2.00 bits per heavy atom. The Hall–Kier alpha value is -1.91. The molecule has 1 aromatic carbocycles. The maximum Gasteiger partial charge on any atom is 0.259 e. The van der Waals surface area contributed by atoms with Crippen molar-refractivity contribution in [1.29, 1.82) is 0 Å². The van der Waals surface area contributed by atoms with Crippen LogP contribution in [0.3, 0.4) is 0 Å². The van der Waals surface area contributed by atoms with Crippen molar-refractivity contribution in [2.45, 2.75) is 31.5 Å². The van der Waals surface area contributed by atoms with Crippen LogP contribution in [0, 0.1) is 5.92 Å². The number of rotatable bonds is 4. The monoisotopic (exact) mass is 290 g/mol. The molecule has 1 saturated heterocycles. The summed E-state index contributed by atoms with van der Waals surface area (Å²) >= 11 is 0. The summed E-state index contributed by atoms with van der Waals surface area (Å²) in [7, 11) is 0. The molecule has 112 valence electrons. The molecule has 0 bridgehead atoms. The van der Waals surface area contributed by atoms with Gasteiger partial charge in [0.15, 0.2) is 0 Å². The molecular weight excluding hydrogens is 271 g/mol. The van der Waals surface area contributed by atoms with Crippen LogP contribution in [0.5, 0.6) is 0 Å². The predicted octanol–water partition coefficient (Wildman–Crippen LogP) is 1.65. The summed E-state index contributed by atoms with van der Waals surface area (Å²) < 4.78 is 14.7. The van der Waals surface area contributed by atoms with Gasteiger partial charge in [-0.1, -0.05) is 30.3 Å². The lowest BCUT2D eigenvalue weighted by molar-refractivity contribution is -0.135. The van der Waals surface area contributed by atoms with Crippen LogP contribution in [0.4, 0.5) is 4.39 Å². The number of benzene rings is 1. The molecule has 4 nitrogen and oxygen atoms in total. The molecular formula is C16H19FN2O2. The Balaban J connectivity index is 1.55. The SMILES string of the molecule is O=C(C1CC1)N1CCC(F)(C(=O)NCc2ccccc2)C1. The van der Waals surface area contributed by atoms with Crippen molar-refractivity contribution >= 4 is 11.8 Å². The quantitative estimate of drug-likeness (QED) is 0.916. The third-order valence-electron chi connectivity index (χ3n) is 4.16. The van der Waals surface area contributed by atoms with Gasteiger partial charge in [0, 0.05) is 25.4 Å². The molecule has 2 amide bonds. The summed E-state index contributed by atoms with van der Waals surface area (Å²) in [6.07, 6.45) is 1.88. The van der Waals surface area contributed by atoms with Crippen molar-refractivity contribution in [3.63, 3.8) is 0 Å². The molecule has 0 radical (unpaired) electrons. The summed E-state index contributed by atoms with van der Waals surface area (Å²) in [5.74, 6) is -0.539. The van der Waals surface area contributed by atoms with Gasteiger partial charge >= 0.3 is 0 Å². The maximum absolute atomic E-state index is 14.7. The van der Waals surface area contributed by atoms with Gasteiger partial charge in [0.1, 0.15) is 0 Å². The molecule has 1 aliphatic carbocycles. The number of nitrogens with one attached hydrogen (secondary N) is 1. The van der Waals surface area contributed by atoms with Crippen LogP contribution in [-0.2, 0) is 16.1 Å². The Morgan fingerprint density at radius 3 is 2.67 bits per heavy atom. The highest BCUT2D eigenvalue weighted by Crippen LogP contribution is 2.34. The number of likely N-dealkylation sites (tertiary alicyclic amines) is 1. The van der Waals surface area contributed by atoms with Gasteiger partial charge in [-0.3, -0.25) is 9.59 Å². The fraction of sp³-hybridized carbons (Fsp3) is 0.500. The normalized spacial score (nSPS) is 24.9. The van der Waals surface area contributed by atoms with Crippen LogP contribution in [0.2, 0.25) is 0 Å². The summed E-state index contributed by atoms with van der Waals surface area (Å²) in [5, 5.41) is 2.63. The first-order chi connectivity index (χ1) is 10.1. The summed E-state index contributed by atoms with van der Waals surface area (Å²) in [5.41, 5.74) is -1.02. The van der Waals surface area contributed by atoms with Crippen LogP contribution < -0.4 is 5.32 Å². The van der Waals surface area contributed by atoms with Crippen LogP contribution in [0.15, 0.2) is 30.3 Å². The zero-order valence-corrected chi connectivity index (χ0v) is 11.8. The van der Waals surface area contributed by atoms with E-state index >= 15 is 0 Å². The van der Waals surface area contributed by atoms with Gasteiger partial charge < -0.3 is 10.2 Å². The Morgan fingerprint density at radius 1 is 1.29 bits per heavy atom. The van der Waals surface area contributed by atoms with E-state index in [4.69, 9.17) is 0 Å². The van der Waals surface area contributed by atoms with Crippen LogP contribution in [-0.4, -0.2) is 35.5 Å². The highest BCUT2D eigenvalue weighted by Gasteiger charge is 2.48. The minimum absolute atomic E-state index is 0.00499. The molecule has 5 heteroatoms. The zero-order valence-electron chi connectivity index (χ0n) is 11.8. The lowest BCUT2D eigenvalue weighted by Gasteiger charge is -2.20. The molecule has 2 aliphatic rings. The number of alkyl halides is 1. The van der Waals surface area contributed by atoms with Gasteiger partial charge in [0.05, 0.1) is 6.54 Å². The van der Waals surface area contributed by atoms with Crippen molar-refractivity contribution in [2.75, 3.05) is 13.1 Å². The summed E-state index contributed by atoms with van der Waals surface area (Å²) in [4.78, 5) is 25.5. The third kappa shape index (κ3) is 3.06. The molecule has 1 saturated carbocycles. The van der Waals surface area contributed by atoms with Gasteiger partial charge in [-0.25, -0.2) is 4.39 Å². The highest BCUT2D eigenvalue weighted by molar-refractivity contribution is 5.88. The molecule has 21 heavy (non-hydrogen) atoms. The summed E-state index contributed by atoms with van der Waals surface area (Å²) in [6.45, 7) is 0.537. The molecule has 1 aromatic rings. The number of hydrogen-bond acceptors (Lipinski definition) is 2. The minimum atomic E-state index is -1.95. The van der Waals surface area contributed by atoms with E-state index in [1.54, 1.807) is 0 Å². The first-order valence-corrected chi connectivity index (χ1v) is 7.38. The van der Waals surface area contributed by atoms with E-state index < -0.39 is 11.6 Å². The molecule has 1 unspecified atom stereocenters. The third-order valence-corrected chi connectivity index (χ3v) is 4.16. The number of nitrogens with zero attached hydrogens (tertiary/aromatic N) is 1. The molecule has 0 aromatic heterocycles. The molecule has 1 N–H and O–H groups in total. The lowest BCUT2D eigenvalue weighted by atomic mass is 10.0. The van der Waals surface area contributed by atoms with E-state index in [9.17, 15) is 14.0 Å². The molecule has 1 atom stereocenters. The second-order valence-corrected chi connectivity index (χ2v) is 5.92. The van der Waals surface area contributed by atoms with Gasteiger partial charge in [-0.05, 0) is 18.4 Å². The van der Waals surface area contributed by atoms with Crippen LogP contribution in [0.1, 0.15) is 24.8 Å². The second kappa shape index (κ2) is 5.47. The van der Waals surface area contributed by atoms with Gasteiger partial charge in [0.2, 0.25) is 11.6 Å². The highest BCUT2D eigenvalue weighted by atomic mass is 19.1. The van der Waals surface area contributed by atoms with Crippen molar-refractivity contribution in [1.82, 2.24) is 10.2 Å². The molecule has 2 fully saturated rings. The van der Waals surface area contributed by atoms with Gasteiger partial charge in [-0.15, -0.1) is 0 Å². The number of amides is 2. The lowest BCUT2D eigenvalue weighted by Crippen LogP contribution is -2.46. The molecule has 0 spiro atoms. The van der Waals surface area contributed by atoms with Crippen LogP contribution >= 0.6 is 0 Å². The largest absolute Gasteiger partial charge is 0.349 e. The average Bonchev–Trinajstić information content (AvgIpc) is 3.27. The Labute approximate surface area is 123 Å². The van der Waals surface area contributed by atoms with E-state index in [1.165, 1.54) is 4.90 Å². The number of carbonyl (C=O) groups excluding carboxylic acids is 2. The van der Waals surface area contributed by atoms with Crippen molar-refractivity contribution in [3.8, 4) is 0 Å². The van der Waals surface area contributed by atoms with Crippen molar-refractivity contribution in [2.24, 2.45) is 5.92 Å². The minimum Gasteiger partial charge on any atom is -0.349 e. The van der Waals surface area contributed by atoms with E-state index in [1.807, 2.05) is 30.3 Å². The van der Waals surface area contributed by atoms with E-state index in [2.05, 4.69) is 5.32 Å². The predicted molar refractivity (Wildman–Crippen MR) is 76.0 cm³/mol. The first kappa shape index (κ1) is 14.0. The van der Waals surface area contributed by atoms with E-state index in [-0.39, 0.29) is 24.8 Å². The van der Waals surface area contributed by atoms with Gasteiger partial charge in [0.25, 0.3) is 5.91 Å². The average molecular weight is 290 g/mol. The first-order valence-electron chi connectivity index (χ1n) is 7.38. The number of halogens is 1. The smallest absolute Gasteiger partial charge is 0.259 e. The fourth-order valence-electron chi connectivity index (χ4n) is 2.67. The zero-order chi connectivity index (χ0) is 14.9. The maximum atomic E-state index is 14.7. The molecule has 1 aliphatic heterocycles. The van der Waals surface area contributed by atoms with Gasteiger partial charge in [-0.2, -0.15) is 0 Å².